The van der Waals surface area contributed by atoms with E-state index in [1.165, 1.54) is 23.6 Å². The Hall–Kier alpha value is -1.38. The molecule has 8 heteroatoms. The molecule has 0 radical (unpaired) electrons. The van der Waals surface area contributed by atoms with Crippen molar-refractivity contribution in [1.82, 2.24) is 14.7 Å². The number of sulfonamides is 1. The lowest BCUT2D eigenvalue weighted by Gasteiger charge is -2.05. The molecule has 0 amide bonds. The Morgan fingerprint density at radius 2 is 2.26 bits per heavy atom. The van der Waals surface area contributed by atoms with E-state index in [0.29, 0.717) is 6.42 Å². The van der Waals surface area contributed by atoms with Crippen LogP contribution in [0.15, 0.2) is 28.7 Å². The summed E-state index contributed by atoms with van der Waals surface area (Å²) in [5, 5.41) is 2.21. The van der Waals surface area contributed by atoms with Crippen molar-refractivity contribution in [3.8, 4) is 0 Å². The number of hydrogen-bond donors (Lipinski definition) is 1. The highest BCUT2D eigenvalue weighted by atomic mass is 32.2. The molecular formula is C11H12FN3O2S2. The van der Waals surface area contributed by atoms with Gasteiger partial charge in [0.05, 0.1) is 10.7 Å². The topological polar surface area (TPSA) is 72.0 Å². The minimum atomic E-state index is -3.91. The lowest BCUT2D eigenvalue weighted by Crippen LogP contribution is -2.27. The minimum absolute atomic E-state index is 0.154. The Morgan fingerprint density at radius 1 is 1.47 bits per heavy atom. The van der Waals surface area contributed by atoms with Crippen LogP contribution in [0.1, 0.15) is 10.7 Å². The highest BCUT2D eigenvalue weighted by Crippen LogP contribution is 2.11. The number of nitrogens with one attached hydrogen (secondary N) is 1. The molecule has 0 atom stereocenters. The molecule has 1 N–H and O–H groups in total. The number of hydrogen-bond acceptors (Lipinski definition) is 5. The van der Waals surface area contributed by atoms with Gasteiger partial charge in [0.2, 0.25) is 5.03 Å². The molecule has 2 heterocycles. The van der Waals surface area contributed by atoms with E-state index in [9.17, 15) is 12.8 Å². The first-order valence-electron chi connectivity index (χ1n) is 5.50. The standard InChI is InChI=1S/C11H12FN3O2S2/c1-8-15-9(7-18-8)4-6-14-19(16,17)11-10(12)3-2-5-13-11/h2-3,5,7,14H,4,6H2,1H3. The summed E-state index contributed by atoms with van der Waals surface area (Å²) in [4.78, 5) is 7.76. The normalized spacial score (nSPS) is 11.7. The van der Waals surface area contributed by atoms with E-state index in [1.807, 2.05) is 12.3 Å². The van der Waals surface area contributed by atoms with Gasteiger partial charge in [-0.05, 0) is 19.1 Å². The van der Waals surface area contributed by atoms with Gasteiger partial charge >= 0.3 is 0 Å². The van der Waals surface area contributed by atoms with Gasteiger partial charge in [0.15, 0.2) is 5.82 Å². The molecule has 2 aromatic heterocycles. The molecule has 0 bridgehead atoms. The molecule has 0 aromatic carbocycles. The third-order valence-corrected chi connectivity index (χ3v) is 4.54. The van der Waals surface area contributed by atoms with Crippen molar-refractivity contribution in [2.75, 3.05) is 6.54 Å². The van der Waals surface area contributed by atoms with E-state index in [0.717, 1.165) is 16.8 Å². The molecule has 0 aliphatic carbocycles. The zero-order valence-electron chi connectivity index (χ0n) is 10.1. The average molecular weight is 301 g/mol. The van der Waals surface area contributed by atoms with Crippen molar-refractivity contribution in [2.45, 2.75) is 18.4 Å². The minimum Gasteiger partial charge on any atom is -0.247 e. The fourth-order valence-corrected chi connectivity index (χ4v) is 3.15. The first-order chi connectivity index (χ1) is 8.99. The van der Waals surface area contributed by atoms with E-state index in [1.54, 1.807) is 0 Å². The highest BCUT2D eigenvalue weighted by Gasteiger charge is 2.19. The van der Waals surface area contributed by atoms with Crippen molar-refractivity contribution < 1.29 is 12.8 Å². The fourth-order valence-electron chi connectivity index (χ4n) is 1.47. The molecule has 0 fully saturated rings. The van der Waals surface area contributed by atoms with Gasteiger partial charge in [-0.3, -0.25) is 0 Å². The maximum absolute atomic E-state index is 13.3. The van der Waals surface area contributed by atoms with Gasteiger partial charge in [-0.2, -0.15) is 0 Å². The number of halogens is 1. The molecule has 5 nitrogen and oxygen atoms in total. The summed E-state index contributed by atoms with van der Waals surface area (Å²) in [6.45, 7) is 2.03. The molecule has 2 rings (SSSR count). The first kappa shape index (κ1) is 14.0. The summed E-state index contributed by atoms with van der Waals surface area (Å²) in [6, 6.07) is 2.40. The number of rotatable bonds is 5. The largest absolute Gasteiger partial charge is 0.261 e. The quantitative estimate of drug-likeness (QED) is 0.908. The van der Waals surface area contributed by atoms with Gasteiger partial charge in [0.25, 0.3) is 10.0 Å². The highest BCUT2D eigenvalue weighted by molar-refractivity contribution is 7.89. The van der Waals surface area contributed by atoms with Gasteiger partial charge in [-0.25, -0.2) is 27.5 Å². The summed E-state index contributed by atoms with van der Waals surface area (Å²) in [7, 11) is -3.91. The van der Waals surface area contributed by atoms with Gasteiger partial charge in [-0.1, -0.05) is 0 Å². The van der Waals surface area contributed by atoms with Crippen LogP contribution >= 0.6 is 11.3 Å². The van der Waals surface area contributed by atoms with E-state index in [4.69, 9.17) is 0 Å². The van der Waals surface area contributed by atoms with Crippen LogP contribution in [-0.2, 0) is 16.4 Å². The van der Waals surface area contributed by atoms with Crippen LogP contribution in [-0.4, -0.2) is 24.9 Å². The SMILES string of the molecule is Cc1nc(CCNS(=O)(=O)c2ncccc2F)cs1. The zero-order chi connectivity index (χ0) is 13.9. The number of thiazole rings is 1. The lowest BCUT2D eigenvalue weighted by atomic mass is 10.3. The number of aryl methyl sites for hydroxylation is 1. The van der Waals surface area contributed by atoms with E-state index in [-0.39, 0.29) is 6.54 Å². The Balaban J connectivity index is 2.01. The molecule has 0 aliphatic heterocycles. The lowest BCUT2D eigenvalue weighted by molar-refractivity contribution is 0.544. The predicted octanol–water partition coefficient (Wildman–Crippen LogP) is 1.51. The predicted molar refractivity (Wildman–Crippen MR) is 69.9 cm³/mol. The Morgan fingerprint density at radius 3 is 2.89 bits per heavy atom. The van der Waals surface area contributed by atoms with Gasteiger partial charge < -0.3 is 0 Å². The number of aromatic nitrogens is 2. The second-order valence-corrected chi connectivity index (χ2v) is 6.54. The van der Waals surface area contributed by atoms with Gasteiger partial charge in [0, 0.05) is 24.5 Å². The van der Waals surface area contributed by atoms with Crippen LogP contribution in [0.4, 0.5) is 4.39 Å². The maximum atomic E-state index is 13.3. The van der Waals surface area contributed by atoms with Gasteiger partial charge in [-0.15, -0.1) is 11.3 Å². The molecule has 0 saturated heterocycles. The zero-order valence-corrected chi connectivity index (χ0v) is 11.8. The first-order valence-corrected chi connectivity index (χ1v) is 7.86. The monoisotopic (exact) mass is 301 g/mol. The summed E-state index contributed by atoms with van der Waals surface area (Å²) < 4.78 is 39.3. The molecule has 0 aliphatic rings. The molecule has 0 spiro atoms. The van der Waals surface area contributed by atoms with Crippen molar-refractivity contribution in [3.05, 3.63) is 40.2 Å². The van der Waals surface area contributed by atoms with Crippen molar-refractivity contribution >= 4 is 21.4 Å². The average Bonchev–Trinajstić information content (AvgIpc) is 2.75. The van der Waals surface area contributed by atoms with Crippen molar-refractivity contribution in [3.63, 3.8) is 0 Å². The van der Waals surface area contributed by atoms with Crippen LogP contribution < -0.4 is 4.72 Å². The van der Waals surface area contributed by atoms with Crippen LogP contribution in [0.5, 0.6) is 0 Å². The summed E-state index contributed by atoms with van der Waals surface area (Å²) in [5.74, 6) is -0.862. The Bertz CT molecular complexity index is 670. The van der Waals surface area contributed by atoms with E-state index in [2.05, 4.69) is 14.7 Å². The van der Waals surface area contributed by atoms with Crippen LogP contribution in [0.3, 0.4) is 0 Å². The summed E-state index contributed by atoms with van der Waals surface area (Å²) in [6.07, 6.45) is 1.69. The van der Waals surface area contributed by atoms with Crippen molar-refractivity contribution in [2.24, 2.45) is 0 Å². The Labute approximate surface area is 114 Å². The maximum Gasteiger partial charge on any atom is 0.261 e. The molecular weight excluding hydrogens is 289 g/mol. The third kappa shape index (κ3) is 3.55. The molecule has 19 heavy (non-hydrogen) atoms. The summed E-state index contributed by atoms with van der Waals surface area (Å²) >= 11 is 1.50. The Kier molecular flexibility index (Phi) is 4.23. The second kappa shape index (κ2) is 5.72. The van der Waals surface area contributed by atoms with Crippen LogP contribution in [0.2, 0.25) is 0 Å². The molecule has 0 unspecified atom stereocenters. The summed E-state index contributed by atoms with van der Waals surface area (Å²) in [5.41, 5.74) is 0.812. The molecule has 0 saturated carbocycles. The second-order valence-electron chi connectivity index (χ2n) is 3.80. The van der Waals surface area contributed by atoms with E-state index < -0.39 is 20.9 Å². The van der Waals surface area contributed by atoms with E-state index >= 15 is 0 Å². The van der Waals surface area contributed by atoms with Crippen molar-refractivity contribution in [1.29, 1.82) is 0 Å². The smallest absolute Gasteiger partial charge is 0.247 e. The van der Waals surface area contributed by atoms with Crippen LogP contribution in [0.25, 0.3) is 0 Å². The molecule has 102 valence electrons. The molecule has 2 aromatic rings. The number of nitrogens with zero attached hydrogens (tertiary/aromatic N) is 2. The van der Waals surface area contributed by atoms with Crippen LogP contribution in [0, 0.1) is 12.7 Å². The third-order valence-electron chi connectivity index (χ3n) is 2.32. The fraction of sp³-hybridized carbons (Fsp3) is 0.273. The van der Waals surface area contributed by atoms with Gasteiger partial charge in [0.1, 0.15) is 0 Å². The number of pyridine rings is 1.